The van der Waals surface area contributed by atoms with Crippen molar-refractivity contribution in [3.8, 4) is 5.75 Å². The largest absolute Gasteiger partial charge is 0.489 e. The Labute approximate surface area is 156 Å². The van der Waals surface area contributed by atoms with Gasteiger partial charge in [0.15, 0.2) is 0 Å². The lowest BCUT2D eigenvalue weighted by atomic mass is 10.1. The molecule has 0 fully saturated rings. The summed E-state index contributed by atoms with van der Waals surface area (Å²) < 4.78 is 11.0. The molecule has 1 aromatic heterocycles. The van der Waals surface area contributed by atoms with E-state index in [1.54, 1.807) is 6.07 Å². The van der Waals surface area contributed by atoms with E-state index in [1.165, 1.54) is 19.3 Å². The second-order valence-corrected chi connectivity index (χ2v) is 6.84. The van der Waals surface area contributed by atoms with Crippen molar-refractivity contribution < 1.29 is 14.1 Å². The van der Waals surface area contributed by atoms with Crippen molar-refractivity contribution in [3.05, 3.63) is 46.8 Å². The Morgan fingerprint density at radius 1 is 1.27 bits per heavy atom. The van der Waals surface area contributed by atoms with Crippen LogP contribution >= 0.6 is 0 Å². The van der Waals surface area contributed by atoms with Gasteiger partial charge in [0, 0.05) is 11.6 Å². The van der Waals surface area contributed by atoms with Crippen LogP contribution in [-0.2, 0) is 6.61 Å². The van der Waals surface area contributed by atoms with Gasteiger partial charge in [-0.05, 0) is 45.4 Å². The zero-order valence-corrected chi connectivity index (χ0v) is 16.3. The van der Waals surface area contributed by atoms with Crippen molar-refractivity contribution >= 4 is 5.91 Å². The molecule has 1 heterocycles. The molecule has 0 aliphatic heterocycles. The Hall–Kier alpha value is -2.30. The van der Waals surface area contributed by atoms with Crippen LogP contribution in [0.25, 0.3) is 0 Å². The second kappa shape index (κ2) is 10.00. The number of carbonyl (C=O) groups excluding carboxylic acids is 1. The van der Waals surface area contributed by atoms with Gasteiger partial charge in [0.25, 0.3) is 5.91 Å². The molecule has 1 aromatic carbocycles. The van der Waals surface area contributed by atoms with Gasteiger partial charge in [-0.3, -0.25) is 4.79 Å². The SMILES string of the molecule is CCCCCC[C@@H](C)NC(=O)c1cccc(OCc2c(C)noc2C)c1. The van der Waals surface area contributed by atoms with E-state index in [0.717, 1.165) is 29.9 Å². The molecule has 2 aromatic rings. The molecule has 0 saturated heterocycles. The lowest BCUT2D eigenvalue weighted by molar-refractivity contribution is 0.0937. The molecule has 142 valence electrons. The normalized spacial score (nSPS) is 12.0. The average molecular weight is 358 g/mol. The Balaban J connectivity index is 1.88. The number of carbonyl (C=O) groups is 1. The van der Waals surface area contributed by atoms with E-state index < -0.39 is 0 Å². The Bertz CT molecular complexity index is 690. The number of rotatable bonds is 10. The number of unbranched alkanes of at least 4 members (excludes halogenated alkanes) is 3. The molecule has 0 aliphatic carbocycles. The molecule has 1 N–H and O–H groups in total. The number of nitrogens with one attached hydrogen (secondary N) is 1. The highest BCUT2D eigenvalue weighted by Crippen LogP contribution is 2.18. The number of hydrogen-bond donors (Lipinski definition) is 1. The molecular weight excluding hydrogens is 328 g/mol. The standard InChI is InChI=1S/C21H30N2O3/c1-5-6-7-8-10-15(2)22-21(24)18-11-9-12-19(13-18)25-14-20-16(3)23-26-17(20)4/h9,11-13,15H,5-8,10,14H2,1-4H3,(H,22,24)/t15-/m1/s1. The van der Waals surface area contributed by atoms with Gasteiger partial charge < -0.3 is 14.6 Å². The molecule has 5 nitrogen and oxygen atoms in total. The monoisotopic (exact) mass is 358 g/mol. The third kappa shape index (κ3) is 5.90. The lowest BCUT2D eigenvalue weighted by Gasteiger charge is -2.14. The number of benzene rings is 1. The van der Waals surface area contributed by atoms with Crippen molar-refractivity contribution in [2.45, 2.75) is 72.4 Å². The summed E-state index contributed by atoms with van der Waals surface area (Å²) in [7, 11) is 0. The predicted octanol–water partition coefficient (Wildman–Crippen LogP) is 4.96. The topological polar surface area (TPSA) is 64.4 Å². The highest BCUT2D eigenvalue weighted by atomic mass is 16.5. The zero-order chi connectivity index (χ0) is 18.9. The first-order valence-electron chi connectivity index (χ1n) is 9.46. The molecule has 0 aliphatic rings. The quantitative estimate of drug-likeness (QED) is 0.610. The summed E-state index contributed by atoms with van der Waals surface area (Å²) in [5.74, 6) is 1.36. The first kappa shape index (κ1) is 20.0. The van der Waals surface area contributed by atoms with Crippen LogP contribution in [0.15, 0.2) is 28.8 Å². The lowest BCUT2D eigenvalue weighted by Crippen LogP contribution is -2.32. The van der Waals surface area contributed by atoms with Crippen molar-refractivity contribution in [2.75, 3.05) is 0 Å². The maximum atomic E-state index is 12.4. The summed E-state index contributed by atoms with van der Waals surface area (Å²) in [5, 5.41) is 6.99. The van der Waals surface area contributed by atoms with Crippen molar-refractivity contribution in [1.29, 1.82) is 0 Å². The first-order chi connectivity index (χ1) is 12.5. The maximum Gasteiger partial charge on any atom is 0.251 e. The predicted molar refractivity (Wildman–Crippen MR) is 102 cm³/mol. The van der Waals surface area contributed by atoms with Crippen LogP contribution in [-0.4, -0.2) is 17.1 Å². The minimum Gasteiger partial charge on any atom is -0.489 e. The summed E-state index contributed by atoms with van der Waals surface area (Å²) >= 11 is 0. The van der Waals surface area contributed by atoms with E-state index >= 15 is 0 Å². The van der Waals surface area contributed by atoms with Crippen LogP contribution in [0.5, 0.6) is 5.75 Å². The fraction of sp³-hybridized carbons (Fsp3) is 0.524. The van der Waals surface area contributed by atoms with E-state index in [-0.39, 0.29) is 11.9 Å². The van der Waals surface area contributed by atoms with Gasteiger partial charge >= 0.3 is 0 Å². The molecule has 1 amide bonds. The number of amides is 1. The van der Waals surface area contributed by atoms with E-state index in [0.29, 0.717) is 17.9 Å². The van der Waals surface area contributed by atoms with Gasteiger partial charge in [0.2, 0.25) is 0 Å². The molecule has 0 unspecified atom stereocenters. The van der Waals surface area contributed by atoms with Gasteiger partial charge in [0.1, 0.15) is 18.1 Å². The van der Waals surface area contributed by atoms with E-state index in [1.807, 2.05) is 32.0 Å². The van der Waals surface area contributed by atoms with Crippen LogP contribution < -0.4 is 10.1 Å². The van der Waals surface area contributed by atoms with E-state index in [2.05, 4.69) is 24.3 Å². The molecule has 0 radical (unpaired) electrons. The fourth-order valence-electron chi connectivity index (χ4n) is 2.85. The number of hydrogen-bond acceptors (Lipinski definition) is 4. The van der Waals surface area contributed by atoms with Gasteiger partial charge in [-0.2, -0.15) is 0 Å². The number of nitrogens with zero attached hydrogens (tertiary/aromatic N) is 1. The fourth-order valence-corrected chi connectivity index (χ4v) is 2.85. The van der Waals surface area contributed by atoms with Crippen LogP contribution in [0.4, 0.5) is 0 Å². The highest BCUT2D eigenvalue weighted by molar-refractivity contribution is 5.94. The highest BCUT2D eigenvalue weighted by Gasteiger charge is 2.12. The summed E-state index contributed by atoms with van der Waals surface area (Å²) in [6, 6.07) is 7.44. The molecule has 0 spiro atoms. The molecule has 1 atom stereocenters. The minimum atomic E-state index is -0.0595. The van der Waals surface area contributed by atoms with E-state index in [4.69, 9.17) is 9.26 Å². The summed E-state index contributed by atoms with van der Waals surface area (Å²) in [6.07, 6.45) is 5.86. The number of aryl methyl sites for hydroxylation is 2. The molecule has 26 heavy (non-hydrogen) atoms. The Morgan fingerprint density at radius 3 is 2.77 bits per heavy atom. The molecule has 0 bridgehead atoms. The van der Waals surface area contributed by atoms with Gasteiger partial charge in [-0.1, -0.05) is 43.8 Å². The summed E-state index contributed by atoms with van der Waals surface area (Å²) in [6.45, 7) is 8.39. The first-order valence-corrected chi connectivity index (χ1v) is 9.46. The summed E-state index contributed by atoms with van der Waals surface area (Å²) in [5.41, 5.74) is 2.38. The maximum absolute atomic E-state index is 12.4. The average Bonchev–Trinajstić information content (AvgIpc) is 2.95. The zero-order valence-electron chi connectivity index (χ0n) is 16.3. The third-order valence-electron chi connectivity index (χ3n) is 4.53. The second-order valence-electron chi connectivity index (χ2n) is 6.84. The minimum absolute atomic E-state index is 0.0595. The smallest absolute Gasteiger partial charge is 0.251 e. The third-order valence-corrected chi connectivity index (χ3v) is 4.53. The molecule has 0 saturated carbocycles. The Morgan fingerprint density at radius 2 is 2.08 bits per heavy atom. The van der Waals surface area contributed by atoms with Crippen molar-refractivity contribution in [2.24, 2.45) is 0 Å². The van der Waals surface area contributed by atoms with Crippen LogP contribution in [0, 0.1) is 13.8 Å². The number of ether oxygens (including phenoxy) is 1. The van der Waals surface area contributed by atoms with Crippen LogP contribution in [0.1, 0.15) is 73.3 Å². The summed E-state index contributed by atoms with van der Waals surface area (Å²) in [4.78, 5) is 12.4. The van der Waals surface area contributed by atoms with E-state index in [9.17, 15) is 4.79 Å². The van der Waals surface area contributed by atoms with Crippen LogP contribution in [0.2, 0.25) is 0 Å². The van der Waals surface area contributed by atoms with Crippen LogP contribution in [0.3, 0.4) is 0 Å². The number of aromatic nitrogens is 1. The molecular formula is C21H30N2O3. The van der Waals surface area contributed by atoms with Gasteiger partial charge in [-0.15, -0.1) is 0 Å². The molecule has 5 heteroatoms. The molecule has 2 rings (SSSR count). The van der Waals surface area contributed by atoms with Crippen molar-refractivity contribution in [1.82, 2.24) is 10.5 Å². The Kier molecular flexibility index (Phi) is 7.70. The van der Waals surface area contributed by atoms with Crippen molar-refractivity contribution in [3.63, 3.8) is 0 Å². The van der Waals surface area contributed by atoms with Gasteiger partial charge in [0.05, 0.1) is 11.3 Å². The van der Waals surface area contributed by atoms with Gasteiger partial charge in [-0.25, -0.2) is 0 Å².